The Morgan fingerprint density at radius 3 is 2.18 bits per heavy atom. The van der Waals surface area contributed by atoms with Gasteiger partial charge >= 0.3 is 0 Å². The first-order valence-corrected chi connectivity index (χ1v) is 5.71. The highest BCUT2D eigenvalue weighted by atomic mass is 15.1. The van der Waals surface area contributed by atoms with Gasteiger partial charge in [-0.1, -0.05) is 24.3 Å². The molecule has 0 atom stereocenters. The van der Waals surface area contributed by atoms with E-state index in [0.29, 0.717) is 0 Å². The van der Waals surface area contributed by atoms with Crippen molar-refractivity contribution in [2.24, 2.45) is 10.2 Å². The van der Waals surface area contributed by atoms with Gasteiger partial charge in [-0.05, 0) is 55.7 Å². The maximum Gasteiger partial charge on any atom is 0.0886 e. The van der Waals surface area contributed by atoms with Gasteiger partial charge in [0, 0.05) is 0 Å². The second-order valence-electron chi connectivity index (χ2n) is 4.26. The first kappa shape index (κ1) is 11.5. The van der Waals surface area contributed by atoms with Crippen molar-refractivity contribution in [2.45, 2.75) is 20.8 Å². The maximum atomic E-state index is 4.27. The van der Waals surface area contributed by atoms with Crippen LogP contribution in [0.3, 0.4) is 0 Å². The Labute approximate surface area is 102 Å². The molecule has 0 heterocycles. The molecular formula is C15H16N2. The minimum absolute atomic E-state index is 0.899. The summed E-state index contributed by atoms with van der Waals surface area (Å²) in [5.74, 6) is 0. The fraction of sp³-hybridized carbons (Fsp3) is 0.200. The van der Waals surface area contributed by atoms with Gasteiger partial charge in [-0.2, -0.15) is 10.2 Å². The van der Waals surface area contributed by atoms with E-state index in [9.17, 15) is 0 Å². The molecule has 0 spiro atoms. The molecule has 17 heavy (non-hydrogen) atoms. The minimum atomic E-state index is 0.899. The zero-order valence-corrected chi connectivity index (χ0v) is 10.4. The molecule has 2 rings (SSSR count). The molecule has 2 aromatic rings. The van der Waals surface area contributed by atoms with Gasteiger partial charge in [0.15, 0.2) is 0 Å². The van der Waals surface area contributed by atoms with Gasteiger partial charge in [0.2, 0.25) is 0 Å². The quantitative estimate of drug-likeness (QED) is 0.639. The van der Waals surface area contributed by atoms with E-state index in [-0.39, 0.29) is 0 Å². The van der Waals surface area contributed by atoms with Crippen molar-refractivity contribution in [1.82, 2.24) is 0 Å². The van der Waals surface area contributed by atoms with Crippen molar-refractivity contribution in [3.8, 4) is 0 Å². The zero-order valence-electron chi connectivity index (χ0n) is 10.4. The van der Waals surface area contributed by atoms with Crippen LogP contribution in [0.1, 0.15) is 16.7 Å². The van der Waals surface area contributed by atoms with Crippen molar-refractivity contribution in [1.29, 1.82) is 0 Å². The lowest BCUT2D eigenvalue weighted by atomic mass is 10.1. The Morgan fingerprint density at radius 1 is 0.706 bits per heavy atom. The van der Waals surface area contributed by atoms with Crippen molar-refractivity contribution >= 4 is 11.4 Å². The van der Waals surface area contributed by atoms with E-state index in [1.165, 1.54) is 11.1 Å². The number of hydrogen-bond donors (Lipinski definition) is 0. The van der Waals surface area contributed by atoms with E-state index >= 15 is 0 Å². The fourth-order valence-corrected chi connectivity index (χ4v) is 1.58. The molecule has 0 bridgehead atoms. The molecule has 0 fully saturated rings. The lowest BCUT2D eigenvalue weighted by molar-refractivity contribution is 1.20. The molecule has 0 aliphatic carbocycles. The second-order valence-corrected chi connectivity index (χ2v) is 4.26. The van der Waals surface area contributed by atoms with Crippen molar-refractivity contribution in [3.05, 3.63) is 59.2 Å². The largest absolute Gasteiger partial charge is 0.151 e. The Kier molecular flexibility index (Phi) is 3.33. The van der Waals surface area contributed by atoms with Crippen molar-refractivity contribution < 1.29 is 0 Å². The van der Waals surface area contributed by atoms with Crippen LogP contribution in [0, 0.1) is 20.8 Å². The highest BCUT2D eigenvalue weighted by Gasteiger charge is 1.96. The molecule has 2 aromatic carbocycles. The summed E-state index contributed by atoms with van der Waals surface area (Å²) in [6.07, 6.45) is 0. The van der Waals surface area contributed by atoms with Crippen LogP contribution in [0.4, 0.5) is 11.4 Å². The van der Waals surface area contributed by atoms with E-state index in [0.717, 1.165) is 16.9 Å². The molecule has 86 valence electrons. The van der Waals surface area contributed by atoms with Crippen molar-refractivity contribution in [2.75, 3.05) is 0 Å². The average molecular weight is 224 g/mol. The molecule has 0 saturated carbocycles. The minimum Gasteiger partial charge on any atom is -0.151 e. The summed E-state index contributed by atoms with van der Waals surface area (Å²) in [7, 11) is 0. The van der Waals surface area contributed by atoms with Gasteiger partial charge in [-0.15, -0.1) is 0 Å². The van der Waals surface area contributed by atoms with Crippen LogP contribution in [-0.2, 0) is 0 Å². The molecule has 0 radical (unpaired) electrons. The lowest BCUT2D eigenvalue weighted by Crippen LogP contribution is -1.77. The molecule has 0 saturated heterocycles. The summed E-state index contributed by atoms with van der Waals surface area (Å²) in [5.41, 5.74) is 5.48. The predicted octanol–water partition coefficient (Wildman–Crippen LogP) is 5.03. The Morgan fingerprint density at radius 2 is 1.47 bits per heavy atom. The van der Waals surface area contributed by atoms with Crippen LogP contribution >= 0.6 is 0 Å². The fourth-order valence-electron chi connectivity index (χ4n) is 1.58. The van der Waals surface area contributed by atoms with E-state index in [2.05, 4.69) is 36.2 Å². The Balaban J connectivity index is 2.26. The van der Waals surface area contributed by atoms with E-state index in [1.54, 1.807) is 0 Å². The van der Waals surface area contributed by atoms with Crippen LogP contribution in [0.5, 0.6) is 0 Å². The van der Waals surface area contributed by atoms with Crippen LogP contribution in [0.2, 0.25) is 0 Å². The summed E-state index contributed by atoms with van der Waals surface area (Å²) >= 11 is 0. The molecule has 2 nitrogen and oxygen atoms in total. The predicted molar refractivity (Wildman–Crippen MR) is 71.3 cm³/mol. The van der Waals surface area contributed by atoms with Crippen molar-refractivity contribution in [3.63, 3.8) is 0 Å². The smallest absolute Gasteiger partial charge is 0.0886 e. The van der Waals surface area contributed by atoms with Gasteiger partial charge in [0.25, 0.3) is 0 Å². The summed E-state index contributed by atoms with van der Waals surface area (Å²) in [5, 5.41) is 8.54. The molecule has 0 unspecified atom stereocenters. The monoisotopic (exact) mass is 224 g/mol. The number of aryl methyl sites for hydroxylation is 3. The molecule has 0 aromatic heterocycles. The first-order valence-electron chi connectivity index (χ1n) is 5.71. The summed E-state index contributed by atoms with van der Waals surface area (Å²) in [6, 6.07) is 14.1. The molecule has 2 heteroatoms. The normalized spacial score (nSPS) is 11.0. The standard InChI is InChI=1S/C15H16N2/c1-11-8-9-14(10-13(11)3)16-17-15-7-5-4-6-12(15)2/h4-10H,1-3H3/b17-16+. The summed E-state index contributed by atoms with van der Waals surface area (Å²) in [6.45, 7) is 6.22. The third kappa shape index (κ3) is 2.78. The molecular weight excluding hydrogens is 208 g/mol. The first-order chi connectivity index (χ1) is 8.16. The maximum absolute atomic E-state index is 4.27. The second kappa shape index (κ2) is 4.91. The van der Waals surface area contributed by atoms with E-state index in [4.69, 9.17) is 0 Å². The van der Waals surface area contributed by atoms with Crippen LogP contribution in [-0.4, -0.2) is 0 Å². The van der Waals surface area contributed by atoms with Crippen LogP contribution in [0.25, 0.3) is 0 Å². The van der Waals surface area contributed by atoms with Gasteiger partial charge in [0.1, 0.15) is 0 Å². The Bertz CT molecular complexity index is 557. The van der Waals surface area contributed by atoms with E-state index in [1.807, 2.05) is 37.3 Å². The molecule has 0 aliphatic rings. The van der Waals surface area contributed by atoms with Crippen LogP contribution in [0.15, 0.2) is 52.7 Å². The van der Waals surface area contributed by atoms with E-state index < -0.39 is 0 Å². The highest BCUT2D eigenvalue weighted by Crippen LogP contribution is 2.22. The number of nitrogens with zero attached hydrogens (tertiary/aromatic N) is 2. The average Bonchev–Trinajstić information content (AvgIpc) is 2.32. The highest BCUT2D eigenvalue weighted by molar-refractivity contribution is 5.47. The molecule has 0 N–H and O–H groups in total. The molecule has 0 aliphatic heterocycles. The number of benzene rings is 2. The molecule has 0 amide bonds. The summed E-state index contributed by atoms with van der Waals surface area (Å²) < 4.78 is 0. The SMILES string of the molecule is Cc1ccc(/N=N/c2ccccc2C)cc1C. The topological polar surface area (TPSA) is 24.7 Å². The van der Waals surface area contributed by atoms with Gasteiger partial charge in [-0.3, -0.25) is 0 Å². The number of azo groups is 1. The lowest BCUT2D eigenvalue weighted by Gasteiger charge is -2.00. The van der Waals surface area contributed by atoms with Gasteiger partial charge < -0.3 is 0 Å². The zero-order chi connectivity index (χ0) is 12.3. The van der Waals surface area contributed by atoms with Gasteiger partial charge in [0.05, 0.1) is 11.4 Å². The number of rotatable bonds is 2. The third-order valence-electron chi connectivity index (χ3n) is 2.88. The summed E-state index contributed by atoms with van der Waals surface area (Å²) in [4.78, 5) is 0. The van der Waals surface area contributed by atoms with Crippen LogP contribution < -0.4 is 0 Å². The van der Waals surface area contributed by atoms with Gasteiger partial charge in [-0.25, -0.2) is 0 Å². The third-order valence-corrected chi connectivity index (χ3v) is 2.88. The Hall–Kier alpha value is -1.96. The number of hydrogen-bond acceptors (Lipinski definition) is 2.